The van der Waals surface area contributed by atoms with E-state index in [4.69, 9.17) is 11.6 Å². The van der Waals surface area contributed by atoms with Crippen molar-refractivity contribution in [1.29, 1.82) is 0 Å². The third-order valence-corrected chi connectivity index (χ3v) is 3.31. The normalized spacial score (nSPS) is 10.4. The van der Waals surface area contributed by atoms with Crippen molar-refractivity contribution >= 4 is 39.1 Å². The van der Waals surface area contributed by atoms with E-state index >= 15 is 0 Å². The number of carbonyl (C=O) groups excluding carboxylic acids is 1. The summed E-state index contributed by atoms with van der Waals surface area (Å²) in [5.41, 5.74) is -0.344. The standard InChI is InChI=1S/C13H7BrClF2NO2/c14-9-4-7(16)5-10(17)12(9)18-13(20)8-3-6(15)1-2-11(8)19/h1-5,19H,(H,18,20). The summed E-state index contributed by atoms with van der Waals surface area (Å²) >= 11 is 8.67. The summed E-state index contributed by atoms with van der Waals surface area (Å²) in [6.45, 7) is 0. The van der Waals surface area contributed by atoms with Crippen LogP contribution in [0.5, 0.6) is 5.75 Å². The number of aromatic hydroxyl groups is 1. The Morgan fingerprint density at radius 2 is 1.95 bits per heavy atom. The molecule has 0 aliphatic rings. The summed E-state index contributed by atoms with van der Waals surface area (Å²) in [4.78, 5) is 12.0. The Labute approximate surface area is 126 Å². The van der Waals surface area contributed by atoms with Crippen molar-refractivity contribution in [3.05, 3.63) is 57.0 Å². The lowest BCUT2D eigenvalue weighted by Crippen LogP contribution is -2.14. The van der Waals surface area contributed by atoms with Crippen LogP contribution in [0.2, 0.25) is 5.02 Å². The molecule has 0 spiro atoms. The lowest BCUT2D eigenvalue weighted by molar-refractivity contribution is 0.102. The number of nitrogens with one attached hydrogen (secondary N) is 1. The van der Waals surface area contributed by atoms with Gasteiger partial charge in [-0.1, -0.05) is 11.6 Å². The van der Waals surface area contributed by atoms with Crippen LogP contribution in [0.4, 0.5) is 14.5 Å². The predicted molar refractivity (Wildman–Crippen MR) is 75.1 cm³/mol. The molecule has 0 heterocycles. The van der Waals surface area contributed by atoms with Gasteiger partial charge in [0.1, 0.15) is 11.6 Å². The molecule has 0 bridgehead atoms. The first-order chi connectivity index (χ1) is 9.38. The van der Waals surface area contributed by atoms with Gasteiger partial charge in [0, 0.05) is 15.6 Å². The van der Waals surface area contributed by atoms with Gasteiger partial charge in [-0.15, -0.1) is 0 Å². The molecular formula is C13H7BrClF2NO2. The van der Waals surface area contributed by atoms with Crippen LogP contribution in [0.15, 0.2) is 34.8 Å². The molecule has 20 heavy (non-hydrogen) atoms. The van der Waals surface area contributed by atoms with Crippen molar-refractivity contribution in [2.75, 3.05) is 5.32 Å². The molecular weight excluding hydrogens is 356 g/mol. The van der Waals surface area contributed by atoms with E-state index in [1.807, 2.05) is 0 Å². The molecule has 0 unspecified atom stereocenters. The number of anilines is 1. The van der Waals surface area contributed by atoms with E-state index in [0.29, 0.717) is 6.07 Å². The Kier molecular flexibility index (Phi) is 4.25. The van der Waals surface area contributed by atoms with Gasteiger partial charge in [0.2, 0.25) is 0 Å². The van der Waals surface area contributed by atoms with Gasteiger partial charge in [0.15, 0.2) is 5.82 Å². The van der Waals surface area contributed by atoms with E-state index in [1.54, 1.807) is 0 Å². The zero-order valence-electron chi connectivity index (χ0n) is 9.75. The van der Waals surface area contributed by atoms with Crippen LogP contribution in [0.25, 0.3) is 0 Å². The summed E-state index contributed by atoms with van der Waals surface area (Å²) in [5.74, 6) is -2.79. The minimum Gasteiger partial charge on any atom is -0.507 e. The summed E-state index contributed by atoms with van der Waals surface area (Å²) in [7, 11) is 0. The third-order valence-electron chi connectivity index (χ3n) is 2.45. The van der Waals surface area contributed by atoms with Gasteiger partial charge in [0.05, 0.1) is 11.3 Å². The lowest BCUT2D eigenvalue weighted by atomic mass is 10.2. The lowest BCUT2D eigenvalue weighted by Gasteiger charge is -2.10. The number of carbonyl (C=O) groups is 1. The van der Waals surface area contributed by atoms with Crippen molar-refractivity contribution < 1.29 is 18.7 Å². The highest BCUT2D eigenvalue weighted by Crippen LogP contribution is 2.29. The molecule has 0 saturated carbocycles. The first-order valence-electron chi connectivity index (χ1n) is 5.33. The summed E-state index contributed by atoms with van der Waals surface area (Å²) in [5, 5.41) is 12.1. The molecule has 1 amide bonds. The van der Waals surface area contributed by atoms with Crippen LogP contribution in [0.1, 0.15) is 10.4 Å². The number of amides is 1. The smallest absolute Gasteiger partial charge is 0.259 e. The zero-order chi connectivity index (χ0) is 14.9. The van der Waals surface area contributed by atoms with Gasteiger partial charge in [-0.05, 0) is 40.2 Å². The fourth-order valence-corrected chi connectivity index (χ4v) is 2.21. The van der Waals surface area contributed by atoms with Crippen molar-refractivity contribution in [2.45, 2.75) is 0 Å². The van der Waals surface area contributed by atoms with E-state index < -0.39 is 17.5 Å². The molecule has 0 fully saturated rings. The maximum Gasteiger partial charge on any atom is 0.259 e. The highest BCUT2D eigenvalue weighted by molar-refractivity contribution is 9.10. The molecule has 0 aliphatic carbocycles. The maximum atomic E-state index is 13.6. The van der Waals surface area contributed by atoms with Gasteiger partial charge in [-0.3, -0.25) is 4.79 Å². The summed E-state index contributed by atoms with van der Waals surface area (Å²) in [6.07, 6.45) is 0. The van der Waals surface area contributed by atoms with E-state index in [1.165, 1.54) is 18.2 Å². The molecule has 2 aromatic rings. The van der Waals surface area contributed by atoms with Gasteiger partial charge in [-0.2, -0.15) is 0 Å². The Morgan fingerprint density at radius 1 is 1.25 bits per heavy atom. The van der Waals surface area contributed by atoms with Crippen molar-refractivity contribution in [1.82, 2.24) is 0 Å². The summed E-state index contributed by atoms with van der Waals surface area (Å²) in [6, 6.07) is 5.53. The van der Waals surface area contributed by atoms with Crippen LogP contribution in [0.3, 0.4) is 0 Å². The maximum absolute atomic E-state index is 13.6. The van der Waals surface area contributed by atoms with E-state index in [2.05, 4.69) is 21.2 Å². The van der Waals surface area contributed by atoms with Crippen LogP contribution < -0.4 is 5.32 Å². The van der Waals surface area contributed by atoms with Crippen molar-refractivity contribution in [3.63, 3.8) is 0 Å². The Bertz CT molecular complexity index is 671. The van der Waals surface area contributed by atoms with Crippen LogP contribution in [-0.4, -0.2) is 11.0 Å². The topological polar surface area (TPSA) is 49.3 Å². The van der Waals surface area contributed by atoms with Gasteiger partial charge in [0.25, 0.3) is 5.91 Å². The summed E-state index contributed by atoms with van der Waals surface area (Å²) < 4.78 is 26.6. The van der Waals surface area contributed by atoms with Crippen LogP contribution in [0, 0.1) is 11.6 Å². The van der Waals surface area contributed by atoms with E-state index in [-0.39, 0.29) is 26.5 Å². The largest absolute Gasteiger partial charge is 0.507 e. The first-order valence-corrected chi connectivity index (χ1v) is 6.50. The minimum absolute atomic E-state index is 0.0462. The number of benzene rings is 2. The van der Waals surface area contributed by atoms with Crippen LogP contribution >= 0.6 is 27.5 Å². The van der Waals surface area contributed by atoms with Crippen molar-refractivity contribution in [2.24, 2.45) is 0 Å². The average Bonchev–Trinajstić information content (AvgIpc) is 2.36. The molecule has 2 rings (SSSR count). The second-order valence-electron chi connectivity index (χ2n) is 3.86. The number of rotatable bonds is 2. The Balaban J connectivity index is 2.35. The molecule has 0 radical (unpaired) electrons. The third kappa shape index (κ3) is 3.08. The number of phenols is 1. The minimum atomic E-state index is -0.938. The van der Waals surface area contributed by atoms with Gasteiger partial charge in [-0.25, -0.2) is 8.78 Å². The number of hydrogen-bond donors (Lipinski definition) is 2. The Hall–Kier alpha value is -1.66. The van der Waals surface area contributed by atoms with Gasteiger partial charge >= 0.3 is 0 Å². The SMILES string of the molecule is O=C(Nc1c(F)cc(F)cc1Br)c1cc(Cl)ccc1O. The monoisotopic (exact) mass is 361 g/mol. The highest BCUT2D eigenvalue weighted by Gasteiger charge is 2.16. The average molecular weight is 363 g/mol. The molecule has 7 heteroatoms. The highest BCUT2D eigenvalue weighted by atomic mass is 79.9. The first kappa shape index (κ1) is 14.7. The van der Waals surface area contributed by atoms with Crippen molar-refractivity contribution in [3.8, 4) is 5.75 Å². The molecule has 0 saturated heterocycles. The molecule has 0 aliphatic heterocycles. The number of halogens is 4. The second kappa shape index (κ2) is 5.76. The van der Waals surface area contributed by atoms with Gasteiger partial charge < -0.3 is 10.4 Å². The zero-order valence-corrected chi connectivity index (χ0v) is 12.1. The molecule has 2 N–H and O–H groups in total. The Morgan fingerprint density at radius 3 is 2.60 bits per heavy atom. The van der Waals surface area contributed by atoms with E-state index in [0.717, 1.165) is 6.07 Å². The second-order valence-corrected chi connectivity index (χ2v) is 5.15. The fourth-order valence-electron chi connectivity index (χ4n) is 1.53. The predicted octanol–water partition coefficient (Wildman–Crippen LogP) is 4.34. The molecule has 0 atom stereocenters. The number of phenolic OH excluding ortho intramolecular Hbond substituents is 1. The van der Waals surface area contributed by atoms with E-state index in [9.17, 15) is 18.7 Å². The fraction of sp³-hybridized carbons (Fsp3) is 0. The molecule has 104 valence electrons. The molecule has 2 aromatic carbocycles. The molecule has 3 nitrogen and oxygen atoms in total. The van der Waals surface area contributed by atoms with Crippen LogP contribution in [-0.2, 0) is 0 Å². The quantitative estimate of drug-likeness (QED) is 0.835. The molecule has 0 aromatic heterocycles. The number of hydrogen-bond acceptors (Lipinski definition) is 2.